The van der Waals surface area contributed by atoms with Crippen molar-refractivity contribution in [2.75, 3.05) is 0 Å². The maximum atomic E-state index is 13.8. The Morgan fingerprint density at radius 1 is 0.861 bits per heavy atom. The Labute approximate surface area is 205 Å². The molecule has 3 N–H and O–H groups in total. The van der Waals surface area contributed by atoms with E-state index in [1.165, 1.54) is 11.0 Å². The monoisotopic (exact) mass is 502 g/mol. The van der Waals surface area contributed by atoms with Crippen molar-refractivity contribution in [3.8, 4) is 0 Å². The largest absolute Gasteiger partial charge is 0.478 e. The topological polar surface area (TPSA) is 141 Å². The molecule has 0 aliphatic carbocycles. The van der Waals surface area contributed by atoms with Crippen LogP contribution in [0.5, 0.6) is 0 Å². The summed E-state index contributed by atoms with van der Waals surface area (Å²) < 4.78 is 33.0. The lowest BCUT2D eigenvalue weighted by Crippen LogP contribution is -2.27. The maximum Gasteiger partial charge on any atom is 0.335 e. The first-order chi connectivity index (χ1) is 17.1. The van der Waals surface area contributed by atoms with Crippen LogP contribution in [0.3, 0.4) is 0 Å². The van der Waals surface area contributed by atoms with Gasteiger partial charge in [-0.25, -0.2) is 4.79 Å². The van der Waals surface area contributed by atoms with Crippen molar-refractivity contribution in [2.24, 2.45) is 0 Å². The zero-order valence-corrected chi connectivity index (χ0v) is 19.3. The van der Waals surface area contributed by atoms with E-state index in [4.69, 9.17) is 0 Å². The second-order valence-electron chi connectivity index (χ2n) is 8.20. The molecule has 0 spiro atoms. The third kappa shape index (κ3) is 3.98. The second kappa shape index (κ2) is 8.59. The van der Waals surface area contributed by atoms with Gasteiger partial charge in [0.25, 0.3) is 21.9 Å². The number of hydrogen-bond acceptors (Lipinski definition) is 5. The first-order valence-electron chi connectivity index (χ1n) is 10.7. The van der Waals surface area contributed by atoms with Gasteiger partial charge in [0.05, 0.1) is 39.5 Å². The molecule has 0 bridgehead atoms. The smallest absolute Gasteiger partial charge is 0.335 e. The minimum Gasteiger partial charge on any atom is -0.478 e. The SMILES string of the molecule is O=C1NC(c2ccccc2)=C2C(=O)N(Cc3cc(C(=O)O)cc(S(=O)(=O)O)c3)C(c3ccccc3)=C12. The number of hydrogen-bond donors (Lipinski definition) is 3. The van der Waals surface area contributed by atoms with Crippen LogP contribution in [0.2, 0.25) is 0 Å². The quantitative estimate of drug-likeness (QED) is 0.440. The normalized spacial score (nSPS) is 15.4. The average molecular weight is 503 g/mol. The van der Waals surface area contributed by atoms with Gasteiger partial charge in [-0.05, 0) is 34.9 Å². The van der Waals surface area contributed by atoms with Crippen LogP contribution in [-0.4, -0.2) is 40.8 Å². The van der Waals surface area contributed by atoms with E-state index in [0.717, 1.165) is 12.1 Å². The van der Waals surface area contributed by atoms with Gasteiger partial charge in [-0.2, -0.15) is 8.42 Å². The molecule has 2 aliphatic rings. The Balaban J connectivity index is 1.69. The summed E-state index contributed by atoms with van der Waals surface area (Å²) >= 11 is 0. The van der Waals surface area contributed by atoms with Gasteiger partial charge >= 0.3 is 5.97 Å². The molecule has 5 rings (SSSR count). The lowest BCUT2D eigenvalue weighted by atomic mass is 10.0. The van der Waals surface area contributed by atoms with Crippen LogP contribution in [-0.2, 0) is 26.3 Å². The van der Waals surface area contributed by atoms with Gasteiger partial charge in [0.2, 0.25) is 0 Å². The van der Waals surface area contributed by atoms with Crippen LogP contribution in [0, 0.1) is 0 Å². The highest BCUT2D eigenvalue weighted by atomic mass is 32.2. The number of amides is 2. The molecule has 180 valence electrons. The van der Waals surface area contributed by atoms with E-state index >= 15 is 0 Å². The number of carboxylic acids is 1. The molecule has 3 aromatic carbocycles. The number of carbonyl (C=O) groups excluding carboxylic acids is 2. The molecule has 9 nitrogen and oxygen atoms in total. The molecule has 2 heterocycles. The Bertz CT molecular complexity index is 1610. The molecule has 0 saturated heterocycles. The van der Waals surface area contributed by atoms with Crippen molar-refractivity contribution in [3.05, 3.63) is 112 Å². The maximum absolute atomic E-state index is 13.8. The fourth-order valence-corrected chi connectivity index (χ4v) is 4.94. The van der Waals surface area contributed by atoms with E-state index in [9.17, 15) is 32.5 Å². The lowest BCUT2D eigenvalue weighted by Gasteiger charge is -2.22. The summed E-state index contributed by atoms with van der Waals surface area (Å²) in [5, 5.41) is 12.2. The van der Waals surface area contributed by atoms with Crippen molar-refractivity contribution in [3.63, 3.8) is 0 Å². The van der Waals surface area contributed by atoms with Gasteiger partial charge in [0.1, 0.15) is 0 Å². The number of rotatable bonds is 6. The predicted molar refractivity (Wildman–Crippen MR) is 129 cm³/mol. The highest BCUT2D eigenvalue weighted by Gasteiger charge is 2.45. The van der Waals surface area contributed by atoms with Crippen LogP contribution in [0.4, 0.5) is 0 Å². The summed E-state index contributed by atoms with van der Waals surface area (Å²) in [6.07, 6.45) is 0. The molecule has 2 aliphatic heterocycles. The van der Waals surface area contributed by atoms with E-state index in [0.29, 0.717) is 22.5 Å². The van der Waals surface area contributed by atoms with Gasteiger partial charge in [-0.15, -0.1) is 0 Å². The predicted octanol–water partition coefficient (Wildman–Crippen LogP) is 2.93. The van der Waals surface area contributed by atoms with Gasteiger partial charge in [-0.3, -0.25) is 14.1 Å². The molecule has 0 unspecified atom stereocenters. The molecule has 0 saturated carbocycles. The zero-order chi connectivity index (χ0) is 25.6. The Morgan fingerprint density at radius 3 is 2.06 bits per heavy atom. The first-order valence-corrected chi connectivity index (χ1v) is 12.2. The van der Waals surface area contributed by atoms with Gasteiger partial charge in [0, 0.05) is 0 Å². The zero-order valence-electron chi connectivity index (χ0n) is 18.5. The molecular formula is C26H18N2O7S. The standard InChI is InChI=1S/C26H18N2O7S/c29-24-21-20(22(27-24)16-7-3-1-4-8-16)25(30)28(23(21)17-9-5-2-6-10-17)14-15-11-18(26(31)32)13-19(12-15)36(33,34)35/h1-13H,14H2,(H,27,29)(H,31,32)(H,33,34,35). The highest BCUT2D eigenvalue weighted by Crippen LogP contribution is 2.43. The molecular weight excluding hydrogens is 484 g/mol. The molecule has 3 aromatic rings. The van der Waals surface area contributed by atoms with Crippen molar-refractivity contribution in [1.29, 1.82) is 0 Å². The molecule has 2 amide bonds. The number of carbonyl (C=O) groups is 3. The van der Waals surface area contributed by atoms with E-state index < -0.39 is 32.8 Å². The van der Waals surface area contributed by atoms with E-state index in [1.807, 2.05) is 6.07 Å². The number of aromatic carboxylic acids is 1. The van der Waals surface area contributed by atoms with Crippen LogP contribution in [0.1, 0.15) is 27.0 Å². The number of benzene rings is 3. The molecule has 0 aromatic heterocycles. The van der Waals surface area contributed by atoms with Gasteiger partial charge < -0.3 is 15.3 Å². The summed E-state index contributed by atoms with van der Waals surface area (Å²) in [4.78, 5) is 39.2. The van der Waals surface area contributed by atoms with E-state index in [1.54, 1.807) is 54.6 Å². The third-order valence-electron chi connectivity index (χ3n) is 5.89. The van der Waals surface area contributed by atoms with Gasteiger partial charge in [0.15, 0.2) is 0 Å². The van der Waals surface area contributed by atoms with E-state index in [2.05, 4.69) is 5.32 Å². The summed E-state index contributed by atoms with van der Waals surface area (Å²) in [7, 11) is -4.72. The summed E-state index contributed by atoms with van der Waals surface area (Å²) in [6, 6.07) is 20.8. The van der Waals surface area contributed by atoms with Crippen molar-refractivity contribution >= 4 is 39.3 Å². The fraction of sp³-hybridized carbons (Fsp3) is 0.0385. The van der Waals surface area contributed by atoms with Crippen LogP contribution >= 0.6 is 0 Å². The lowest BCUT2D eigenvalue weighted by molar-refractivity contribution is -0.123. The van der Waals surface area contributed by atoms with Gasteiger partial charge in [-0.1, -0.05) is 60.7 Å². The summed E-state index contributed by atoms with van der Waals surface area (Å²) in [6.45, 7) is -0.241. The summed E-state index contributed by atoms with van der Waals surface area (Å²) in [5.74, 6) is -2.37. The van der Waals surface area contributed by atoms with Crippen molar-refractivity contribution < 1.29 is 32.5 Å². The second-order valence-corrected chi connectivity index (χ2v) is 9.62. The number of fused-ring (bicyclic) bond motifs is 1. The number of nitrogens with zero attached hydrogens (tertiary/aromatic N) is 1. The average Bonchev–Trinajstić information content (AvgIpc) is 3.34. The Kier molecular flexibility index (Phi) is 5.54. The van der Waals surface area contributed by atoms with Crippen LogP contribution < -0.4 is 5.32 Å². The first kappa shape index (κ1) is 23.2. The fourth-order valence-electron chi connectivity index (χ4n) is 4.36. The number of nitrogens with one attached hydrogen (secondary N) is 1. The number of carboxylic acid groups (broad SMARTS) is 1. The molecule has 0 radical (unpaired) electrons. The Hall–Kier alpha value is -4.54. The Morgan fingerprint density at radius 2 is 1.47 bits per heavy atom. The van der Waals surface area contributed by atoms with Crippen LogP contribution in [0.25, 0.3) is 11.4 Å². The van der Waals surface area contributed by atoms with Crippen molar-refractivity contribution in [1.82, 2.24) is 10.2 Å². The molecule has 0 fully saturated rings. The highest BCUT2D eigenvalue weighted by molar-refractivity contribution is 7.85. The van der Waals surface area contributed by atoms with E-state index in [-0.39, 0.29) is 28.8 Å². The molecule has 36 heavy (non-hydrogen) atoms. The van der Waals surface area contributed by atoms with Crippen molar-refractivity contribution in [2.45, 2.75) is 11.4 Å². The minimum atomic E-state index is -4.72. The summed E-state index contributed by atoms with van der Waals surface area (Å²) in [5.41, 5.74) is 2.01. The minimum absolute atomic E-state index is 0.146. The van der Waals surface area contributed by atoms with Crippen LogP contribution in [0.15, 0.2) is 94.9 Å². The molecule has 0 atom stereocenters. The third-order valence-corrected chi connectivity index (χ3v) is 6.72. The molecule has 10 heteroatoms.